The molecule has 0 radical (unpaired) electrons. The van der Waals surface area contributed by atoms with Crippen molar-refractivity contribution in [3.05, 3.63) is 0 Å². The molecule has 7 heteroatoms. The predicted molar refractivity (Wildman–Crippen MR) is 67.5 cm³/mol. The van der Waals surface area contributed by atoms with Crippen LogP contribution < -0.4 is 0 Å². The van der Waals surface area contributed by atoms with Gasteiger partial charge in [0.25, 0.3) is 0 Å². The molecule has 2 fully saturated rings. The summed E-state index contributed by atoms with van der Waals surface area (Å²) in [6.45, 7) is 2.01. The first kappa shape index (κ1) is 14.7. The van der Waals surface area contributed by atoms with Crippen molar-refractivity contribution in [2.75, 3.05) is 18.1 Å². The molecule has 0 bridgehead atoms. The summed E-state index contributed by atoms with van der Waals surface area (Å²) in [5.41, 5.74) is 0. The van der Waals surface area contributed by atoms with Gasteiger partial charge in [0.2, 0.25) is 0 Å². The van der Waals surface area contributed by atoms with Gasteiger partial charge in [-0.15, -0.1) is 0 Å². The van der Waals surface area contributed by atoms with Crippen LogP contribution in [0.5, 0.6) is 0 Å². The molecule has 1 N–H and O–H groups in total. The second-order valence-electron chi connectivity index (χ2n) is 5.61. The molecule has 110 valence electrons. The van der Waals surface area contributed by atoms with Crippen LogP contribution in [0, 0.1) is 5.92 Å². The van der Waals surface area contributed by atoms with Crippen molar-refractivity contribution in [1.82, 2.24) is 0 Å². The van der Waals surface area contributed by atoms with E-state index in [1.165, 1.54) is 0 Å². The molecular formula is C12H20O6S. The van der Waals surface area contributed by atoms with Gasteiger partial charge < -0.3 is 14.6 Å². The molecule has 0 saturated carbocycles. The van der Waals surface area contributed by atoms with Gasteiger partial charge in [0.05, 0.1) is 30.6 Å². The molecule has 2 aliphatic rings. The minimum Gasteiger partial charge on any atom is -0.481 e. The summed E-state index contributed by atoms with van der Waals surface area (Å²) >= 11 is 0. The zero-order valence-electron chi connectivity index (χ0n) is 11.0. The van der Waals surface area contributed by atoms with Crippen molar-refractivity contribution in [2.24, 2.45) is 5.92 Å². The summed E-state index contributed by atoms with van der Waals surface area (Å²) in [5, 5.41) is 8.72. The first-order chi connectivity index (χ1) is 8.78. The number of hydrogen-bond donors (Lipinski definition) is 1. The van der Waals surface area contributed by atoms with Crippen molar-refractivity contribution >= 4 is 15.8 Å². The molecule has 2 aliphatic heterocycles. The average Bonchev–Trinajstić information content (AvgIpc) is 2.57. The highest BCUT2D eigenvalue weighted by Crippen LogP contribution is 2.34. The lowest BCUT2D eigenvalue weighted by Crippen LogP contribution is -2.35. The van der Waals surface area contributed by atoms with E-state index in [9.17, 15) is 13.2 Å². The zero-order valence-corrected chi connectivity index (χ0v) is 11.8. The molecule has 2 rings (SSSR count). The molecule has 2 heterocycles. The quantitative estimate of drug-likeness (QED) is 0.824. The van der Waals surface area contributed by atoms with Crippen LogP contribution in [0.4, 0.5) is 0 Å². The number of sulfone groups is 1. The normalized spacial score (nSPS) is 38.2. The van der Waals surface area contributed by atoms with Gasteiger partial charge in [-0.05, 0) is 25.7 Å². The smallest absolute Gasteiger partial charge is 0.306 e. The second-order valence-corrected chi connectivity index (χ2v) is 7.84. The van der Waals surface area contributed by atoms with Crippen LogP contribution in [0.1, 0.15) is 32.6 Å². The fourth-order valence-electron chi connectivity index (χ4n) is 2.90. The van der Waals surface area contributed by atoms with E-state index < -0.39 is 27.7 Å². The molecule has 0 amide bonds. The van der Waals surface area contributed by atoms with Crippen LogP contribution in [0.25, 0.3) is 0 Å². The Balaban J connectivity index is 1.90. The van der Waals surface area contributed by atoms with Crippen molar-refractivity contribution in [2.45, 2.75) is 44.5 Å². The topological polar surface area (TPSA) is 89.9 Å². The van der Waals surface area contributed by atoms with Gasteiger partial charge in [-0.25, -0.2) is 8.42 Å². The Morgan fingerprint density at radius 1 is 1.47 bits per heavy atom. The maximum absolute atomic E-state index is 11.6. The first-order valence-electron chi connectivity index (χ1n) is 6.52. The Morgan fingerprint density at radius 3 is 2.84 bits per heavy atom. The van der Waals surface area contributed by atoms with Gasteiger partial charge in [-0.3, -0.25) is 4.79 Å². The van der Waals surface area contributed by atoms with E-state index in [2.05, 4.69) is 0 Å². The zero-order chi connectivity index (χ0) is 14.1. The molecule has 0 aliphatic carbocycles. The summed E-state index contributed by atoms with van der Waals surface area (Å²) in [7, 11) is -2.94. The van der Waals surface area contributed by atoms with E-state index in [0.717, 1.165) is 6.42 Å². The molecule has 19 heavy (non-hydrogen) atoms. The van der Waals surface area contributed by atoms with Crippen LogP contribution >= 0.6 is 0 Å². The summed E-state index contributed by atoms with van der Waals surface area (Å²) < 4.78 is 34.4. The van der Waals surface area contributed by atoms with Gasteiger partial charge in [0, 0.05) is 6.42 Å². The average molecular weight is 292 g/mol. The summed E-state index contributed by atoms with van der Waals surface area (Å²) in [6, 6.07) is 0. The highest BCUT2D eigenvalue weighted by Gasteiger charge is 2.41. The minimum atomic E-state index is -2.94. The van der Waals surface area contributed by atoms with Crippen LogP contribution in [-0.4, -0.2) is 49.5 Å². The molecule has 0 spiro atoms. The Hall–Kier alpha value is -0.660. The van der Waals surface area contributed by atoms with Gasteiger partial charge in [-0.2, -0.15) is 0 Å². The van der Waals surface area contributed by atoms with Crippen LogP contribution in [0.15, 0.2) is 0 Å². The molecule has 0 aromatic carbocycles. The summed E-state index contributed by atoms with van der Waals surface area (Å²) in [5.74, 6) is -1.29. The van der Waals surface area contributed by atoms with E-state index in [1.807, 2.05) is 0 Å². The molecule has 2 saturated heterocycles. The lowest BCUT2D eigenvalue weighted by molar-refractivity contribution is -0.168. The molecule has 0 aromatic heterocycles. The largest absolute Gasteiger partial charge is 0.481 e. The van der Waals surface area contributed by atoms with Gasteiger partial charge in [-0.1, -0.05) is 0 Å². The number of carbonyl (C=O) groups is 1. The Bertz CT molecular complexity index is 445. The van der Waals surface area contributed by atoms with Gasteiger partial charge in [0.1, 0.15) is 0 Å². The van der Waals surface area contributed by atoms with Crippen molar-refractivity contribution < 1.29 is 27.8 Å². The van der Waals surface area contributed by atoms with Crippen molar-refractivity contribution in [1.29, 1.82) is 0 Å². The number of carboxylic acid groups (broad SMARTS) is 1. The highest BCUT2D eigenvalue weighted by molar-refractivity contribution is 7.91. The maximum Gasteiger partial charge on any atom is 0.306 e. The molecular weight excluding hydrogens is 272 g/mol. The van der Waals surface area contributed by atoms with Crippen LogP contribution in [0.3, 0.4) is 0 Å². The Kier molecular flexibility index (Phi) is 4.17. The number of carboxylic acids is 1. The molecule has 3 unspecified atom stereocenters. The van der Waals surface area contributed by atoms with Crippen LogP contribution in [-0.2, 0) is 24.1 Å². The Labute approximate surface area is 113 Å². The lowest BCUT2D eigenvalue weighted by atomic mass is 9.97. The number of aliphatic carboxylic acids is 1. The standard InChI is InChI=1S/C12H20O6S/c1-12(17-7-10(18-12)5-11(13)14)6-9-3-2-4-19(15,16)8-9/h9-10H,2-8H2,1H3,(H,13,14). The fourth-order valence-corrected chi connectivity index (χ4v) is 4.67. The van der Waals surface area contributed by atoms with E-state index in [1.54, 1.807) is 6.92 Å². The second kappa shape index (κ2) is 5.38. The first-order valence-corrected chi connectivity index (χ1v) is 8.34. The van der Waals surface area contributed by atoms with Crippen molar-refractivity contribution in [3.63, 3.8) is 0 Å². The third-order valence-corrected chi connectivity index (χ3v) is 5.50. The van der Waals surface area contributed by atoms with E-state index in [4.69, 9.17) is 14.6 Å². The molecule has 6 nitrogen and oxygen atoms in total. The number of hydrogen-bond acceptors (Lipinski definition) is 5. The highest BCUT2D eigenvalue weighted by atomic mass is 32.2. The maximum atomic E-state index is 11.6. The lowest BCUT2D eigenvalue weighted by Gasteiger charge is -2.30. The fraction of sp³-hybridized carbons (Fsp3) is 0.917. The van der Waals surface area contributed by atoms with E-state index in [0.29, 0.717) is 12.8 Å². The van der Waals surface area contributed by atoms with E-state index >= 15 is 0 Å². The minimum absolute atomic E-state index is 0.0346. The molecule has 3 atom stereocenters. The summed E-state index contributed by atoms with van der Waals surface area (Å²) in [4.78, 5) is 10.6. The van der Waals surface area contributed by atoms with Gasteiger partial charge >= 0.3 is 5.97 Å². The predicted octanol–water partition coefficient (Wildman–Crippen LogP) is 0.808. The monoisotopic (exact) mass is 292 g/mol. The number of rotatable bonds is 4. The van der Waals surface area contributed by atoms with E-state index in [-0.39, 0.29) is 30.5 Å². The van der Waals surface area contributed by atoms with Crippen molar-refractivity contribution in [3.8, 4) is 0 Å². The van der Waals surface area contributed by atoms with Gasteiger partial charge in [0.15, 0.2) is 15.6 Å². The molecule has 0 aromatic rings. The summed E-state index contributed by atoms with van der Waals surface area (Å²) in [6.07, 6.45) is 1.51. The number of ether oxygens (including phenoxy) is 2. The SMILES string of the molecule is CC1(CC2CCCS(=O)(=O)C2)OCC(CC(=O)O)O1. The third kappa shape index (κ3) is 4.15. The van der Waals surface area contributed by atoms with Crippen LogP contribution in [0.2, 0.25) is 0 Å². The Morgan fingerprint density at radius 2 is 2.21 bits per heavy atom. The third-order valence-electron chi connectivity index (χ3n) is 3.61.